The summed E-state index contributed by atoms with van der Waals surface area (Å²) in [5.74, 6) is 0.0422. The zero-order valence-corrected chi connectivity index (χ0v) is 13.3. The number of nitrogens with one attached hydrogen (secondary N) is 4. The summed E-state index contributed by atoms with van der Waals surface area (Å²) >= 11 is 0. The van der Waals surface area contributed by atoms with E-state index in [0.29, 0.717) is 19.0 Å². The van der Waals surface area contributed by atoms with E-state index in [0.717, 1.165) is 6.54 Å². The summed E-state index contributed by atoms with van der Waals surface area (Å²) in [7, 11) is -3.69. The molecular formula is C13H20N5O3S+. The van der Waals surface area contributed by atoms with Gasteiger partial charge in [0.2, 0.25) is 11.9 Å². The molecule has 9 heteroatoms. The zero-order chi connectivity index (χ0) is 16.2. The third kappa shape index (κ3) is 4.18. The van der Waals surface area contributed by atoms with Gasteiger partial charge in [0.1, 0.15) is 0 Å². The largest absolute Gasteiger partial charge is 0.326 e. The molecule has 2 rings (SSSR count). The van der Waals surface area contributed by atoms with E-state index in [4.69, 9.17) is 0 Å². The molecule has 1 unspecified atom stereocenters. The molecule has 0 aromatic heterocycles. The Labute approximate surface area is 129 Å². The first kappa shape index (κ1) is 16.2. The van der Waals surface area contributed by atoms with Crippen LogP contribution in [-0.2, 0) is 14.8 Å². The Morgan fingerprint density at radius 3 is 2.55 bits per heavy atom. The number of quaternary nitrogens is 1. The Hall–Kier alpha value is -2.13. The fourth-order valence-electron chi connectivity index (χ4n) is 1.92. The van der Waals surface area contributed by atoms with Crippen molar-refractivity contribution in [3.05, 3.63) is 24.3 Å². The van der Waals surface area contributed by atoms with Crippen LogP contribution in [0.2, 0.25) is 0 Å². The van der Waals surface area contributed by atoms with Crippen molar-refractivity contribution in [2.45, 2.75) is 18.7 Å². The van der Waals surface area contributed by atoms with Crippen molar-refractivity contribution in [3.63, 3.8) is 0 Å². The third-order valence-corrected chi connectivity index (χ3v) is 4.54. The normalized spacial score (nSPS) is 18.1. The standard InChI is InChI=1S/C13H19N5O3S/c1-3-18-8-14-13(15-9-18)17-22(20,21)12-6-4-11(5-7-12)16-10(2)19/h4-7H,3,8-9H2,1-2H3,(H,16,19)(H2,14,15,17)/p+1. The van der Waals surface area contributed by atoms with E-state index in [-0.39, 0.29) is 16.8 Å². The highest BCUT2D eigenvalue weighted by Crippen LogP contribution is 2.13. The van der Waals surface area contributed by atoms with Gasteiger partial charge in [0, 0.05) is 12.6 Å². The van der Waals surface area contributed by atoms with Crippen molar-refractivity contribution in [1.29, 1.82) is 0 Å². The number of aliphatic imine (C=N–C) groups is 1. The molecule has 0 saturated heterocycles. The maximum absolute atomic E-state index is 12.3. The molecule has 0 saturated carbocycles. The molecule has 1 aliphatic rings. The Morgan fingerprint density at radius 1 is 1.36 bits per heavy atom. The van der Waals surface area contributed by atoms with Crippen LogP contribution in [0.5, 0.6) is 0 Å². The fourth-order valence-corrected chi connectivity index (χ4v) is 2.93. The number of guanidine groups is 1. The van der Waals surface area contributed by atoms with Crippen molar-refractivity contribution in [2.75, 3.05) is 25.2 Å². The highest BCUT2D eigenvalue weighted by Gasteiger charge is 2.20. The maximum atomic E-state index is 12.3. The van der Waals surface area contributed by atoms with Crippen LogP contribution in [0.3, 0.4) is 0 Å². The molecule has 1 heterocycles. The van der Waals surface area contributed by atoms with Crippen LogP contribution >= 0.6 is 0 Å². The van der Waals surface area contributed by atoms with E-state index >= 15 is 0 Å². The van der Waals surface area contributed by atoms with Crippen molar-refractivity contribution >= 4 is 27.6 Å². The molecule has 1 amide bonds. The van der Waals surface area contributed by atoms with Crippen LogP contribution in [-0.4, -0.2) is 40.2 Å². The van der Waals surface area contributed by atoms with Gasteiger partial charge in [-0.15, -0.1) is 0 Å². The minimum atomic E-state index is -3.69. The minimum Gasteiger partial charge on any atom is -0.326 e. The number of carbonyl (C=O) groups is 1. The van der Waals surface area contributed by atoms with Crippen molar-refractivity contribution in [2.24, 2.45) is 4.99 Å². The predicted octanol–water partition coefficient (Wildman–Crippen LogP) is -1.30. The number of amides is 1. The first-order chi connectivity index (χ1) is 10.4. The molecule has 0 bridgehead atoms. The van der Waals surface area contributed by atoms with Gasteiger partial charge in [-0.1, -0.05) is 0 Å². The van der Waals surface area contributed by atoms with Gasteiger partial charge in [0.25, 0.3) is 10.0 Å². The fraction of sp³-hybridized carbons (Fsp3) is 0.385. The summed E-state index contributed by atoms with van der Waals surface area (Å²) in [6.07, 6.45) is 0. The third-order valence-electron chi connectivity index (χ3n) is 3.18. The van der Waals surface area contributed by atoms with E-state index in [1.54, 1.807) is 0 Å². The smallest absolute Gasteiger partial charge is 0.264 e. The van der Waals surface area contributed by atoms with E-state index in [2.05, 4.69) is 20.3 Å². The lowest BCUT2D eigenvalue weighted by Gasteiger charge is -2.23. The van der Waals surface area contributed by atoms with Crippen LogP contribution in [0.25, 0.3) is 0 Å². The van der Waals surface area contributed by atoms with Gasteiger partial charge in [0.05, 0.1) is 11.4 Å². The Kier molecular flexibility index (Phi) is 4.99. The first-order valence-electron chi connectivity index (χ1n) is 6.93. The maximum Gasteiger partial charge on any atom is 0.264 e. The number of hydrogen-bond acceptors (Lipinski definition) is 5. The predicted molar refractivity (Wildman–Crippen MR) is 82.9 cm³/mol. The molecule has 0 fully saturated rings. The summed E-state index contributed by atoms with van der Waals surface area (Å²) in [6.45, 7) is 5.50. The minimum absolute atomic E-state index is 0.108. The summed E-state index contributed by atoms with van der Waals surface area (Å²) < 4.78 is 26.9. The number of benzene rings is 1. The number of sulfonamides is 1. The van der Waals surface area contributed by atoms with Crippen LogP contribution in [0, 0.1) is 0 Å². The van der Waals surface area contributed by atoms with Crippen LogP contribution in [0.1, 0.15) is 13.8 Å². The Morgan fingerprint density at radius 2 is 2.05 bits per heavy atom. The molecule has 22 heavy (non-hydrogen) atoms. The van der Waals surface area contributed by atoms with E-state index < -0.39 is 10.0 Å². The molecule has 8 nitrogen and oxygen atoms in total. The van der Waals surface area contributed by atoms with Crippen molar-refractivity contribution in [1.82, 2.24) is 10.0 Å². The number of nitrogens with zero attached hydrogens (tertiary/aromatic N) is 1. The molecule has 0 aliphatic carbocycles. The molecular weight excluding hydrogens is 306 g/mol. The van der Waals surface area contributed by atoms with Crippen LogP contribution in [0.4, 0.5) is 5.69 Å². The average molecular weight is 326 g/mol. The highest BCUT2D eigenvalue weighted by atomic mass is 32.2. The van der Waals surface area contributed by atoms with Gasteiger partial charge >= 0.3 is 0 Å². The second-order valence-electron chi connectivity index (χ2n) is 4.93. The molecule has 4 N–H and O–H groups in total. The molecule has 1 aliphatic heterocycles. The molecule has 1 aromatic carbocycles. The van der Waals surface area contributed by atoms with Crippen molar-refractivity contribution < 1.29 is 18.1 Å². The number of hydrogen-bond donors (Lipinski definition) is 4. The molecule has 0 radical (unpaired) electrons. The molecule has 120 valence electrons. The molecule has 1 aromatic rings. The van der Waals surface area contributed by atoms with Crippen molar-refractivity contribution in [3.8, 4) is 0 Å². The Balaban J connectivity index is 2.07. The first-order valence-corrected chi connectivity index (χ1v) is 8.41. The zero-order valence-electron chi connectivity index (χ0n) is 12.5. The van der Waals surface area contributed by atoms with E-state index in [1.807, 2.05) is 6.92 Å². The SMILES string of the molecule is CC[NH+]1CN=C(NS(=O)(=O)c2ccc(NC(C)=O)cc2)NC1. The summed E-state index contributed by atoms with van der Waals surface area (Å²) in [5.41, 5.74) is 0.543. The second-order valence-corrected chi connectivity index (χ2v) is 6.62. The quantitative estimate of drug-likeness (QED) is 0.552. The lowest BCUT2D eigenvalue weighted by molar-refractivity contribution is -0.901. The number of rotatable bonds is 4. The van der Waals surface area contributed by atoms with Crippen LogP contribution < -0.4 is 20.3 Å². The van der Waals surface area contributed by atoms with Gasteiger partial charge < -0.3 is 10.6 Å². The summed E-state index contributed by atoms with van der Waals surface area (Å²) in [5, 5.41) is 5.53. The second kappa shape index (κ2) is 6.75. The summed E-state index contributed by atoms with van der Waals surface area (Å²) in [6, 6.07) is 5.94. The van der Waals surface area contributed by atoms with Gasteiger partial charge in [-0.25, -0.2) is 13.1 Å². The van der Waals surface area contributed by atoms with E-state index in [9.17, 15) is 13.2 Å². The number of carbonyl (C=O) groups excluding carboxylic acids is 1. The molecule has 1 atom stereocenters. The van der Waals surface area contributed by atoms with Crippen LogP contribution in [0.15, 0.2) is 34.2 Å². The van der Waals surface area contributed by atoms with Gasteiger partial charge in [-0.3, -0.25) is 9.69 Å². The molecule has 0 spiro atoms. The summed E-state index contributed by atoms with van der Waals surface area (Å²) in [4.78, 5) is 16.4. The topological polar surface area (TPSA) is 104 Å². The highest BCUT2D eigenvalue weighted by molar-refractivity contribution is 7.90. The number of anilines is 1. The Bertz CT molecular complexity index is 669. The van der Waals surface area contributed by atoms with Gasteiger partial charge in [-0.05, 0) is 31.2 Å². The average Bonchev–Trinajstić information content (AvgIpc) is 2.47. The van der Waals surface area contributed by atoms with Gasteiger partial charge in [-0.2, -0.15) is 4.99 Å². The lowest BCUT2D eigenvalue weighted by Crippen LogP contribution is -3.14. The van der Waals surface area contributed by atoms with E-state index in [1.165, 1.54) is 36.1 Å². The van der Waals surface area contributed by atoms with Gasteiger partial charge in [0.15, 0.2) is 13.3 Å². The monoisotopic (exact) mass is 326 g/mol. The lowest BCUT2D eigenvalue weighted by atomic mass is 10.3.